The Hall–Kier alpha value is -0.880. The highest BCUT2D eigenvalue weighted by atomic mass is 32.2. The normalized spacial score (nSPS) is 12.5. The SMILES string of the molecule is CCCCCCCC/C=C\CCCCCCCC(=O)NCCCCC(C)(C)S(=O)(=O)OCC. The molecule has 0 aliphatic rings. The maximum atomic E-state index is 12.0. The lowest BCUT2D eigenvalue weighted by Gasteiger charge is -2.23. The minimum atomic E-state index is -3.54. The van der Waals surface area contributed by atoms with Crippen molar-refractivity contribution in [2.24, 2.45) is 0 Å². The fourth-order valence-electron chi connectivity index (χ4n) is 3.79. The van der Waals surface area contributed by atoms with Crippen molar-refractivity contribution in [2.45, 2.75) is 142 Å². The van der Waals surface area contributed by atoms with Crippen LogP contribution in [0.4, 0.5) is 0 Å². The second kappa shape index (κ2) is 20.5. The molecule has 196 valence electrons. The molecule has 0 fully saturated rings. The zero-order chi connectivity index (χ0) is 24.8. The van der Waals surface area contributed by atoms with Crippen LogP contribution in [-0.2, 0) is 19.1 Å². The first-order valence-corrected chi connectivity index (χ1v) is 15.0. The molecule has 1 N–H and O–H groups in total. The summed E-state index contributed by atoms with van der Waals surface area (Å²) < 4.78 is 28.1. The van der Waals surface area contributed by atoms with Crippen LogP contribution in [0.3, 0.4) is 0 Å². The first kappa shape index (κ1) is 32.1. The fourth-order valence-corrected chi connectivity index (χ4v) is 4.81. The monoisotopic (exact) mass is 487 g/mol. The van der Waals surface area contributed by atoms with Gasteiger partial charge in [0.15, 0.2) is 0 Å². The number of carbonyl (C=O) groups excluding carboxylic acids is 1. The van der Waals surface area contributed by atoms with Gasteiger partial charge in [0.1, 0.15) is 0 Å². The average Bonchev–Trinajstić information content (AvgIpc) is 2.76. The van der Waals surface area contributed by atoms with Gasteiger partial charge in [-0.15, -0.1) is 0 Å². The van der Waals surface area contributed by atoms with E-state index in [1.807, 2.05) is 0 Å². The summed E-state index contributed by atoms with van der Waals surface area (Å²) in [5.41, 5.74) is 0. The highest BCUT2D eigenvalue weighted by molar-refractivity contribution is 7.88. The van der Waals surface area contributed by atoms with Gasteiger partial charge in [-0.05, 0) is 65.7 Å². The van der Waals surface area contributed by atoms with Gasteiger partial charge in [0.05, 0.1) is 11.4 Å². The molecular weight excluding hydrogens is 434 g/mol. The van der Waals surface area contributed by atoms with E-state index >= 15 is 0 Å². The summed E-state index contributed by atoms with van der Waals surface area (Å²) in [6, 6.07) is 0. The number of nitrogens with one attached hydrogen (secondary N) is 1. The van der Waals surface area contributed by atoms with Crippen LogP contribution in [0.25, 0.3) is 0 Å². The number of amides is 1. The molecule has 33 heavy (non-hydrogen) atoms. The molecule has 0 aromatic rings. The van der Waals surface area contributed by atoms with E-state index in [0.29, 0.717) is 19.4 Å². The van der Waals surface area contributed by atoms with E-state index in [2.05, 4.69) is 24.4 Å². The highest BCUT2D eigenvalue weighted by Gasteiger charge is 2.34. The van der Waals surface area contributed by atoms with Gasteiger partial charge in [0, 0.05) is 13.0 Å². The van der Waals surface area contributed by atoms with Crippen LogP contribution in [0, 0.1) is 0 Å². The smallest absolute Gasteiger partial charge is 0.272 e. The molecule has 0 aromatic carbocycles. The molecule has 0 rings (SSSR count). The summed E-state index contributed by atoms with van der Waals surface area (Å²) in [6.45, 7) is 8.11. The third-order valence-electron chi connectivity index (χ3n) is 6.14. The number of carbonyl (C=O) groups is 1. The first-order valence-electron chi connectivity index (χ1n) is 13.6. The van der Waals surface area contributed by atoms with Gasteiger partial charge in [-0.1, -0.05) is 76.9 Å². The van der Waals surface area contributed by atoms with Crippen molar-refractivity contribution in [2.75, 3.05) is 13.2 Å². The molecule has 0 radical (unpaired) electrons. The molecule has 0 aromatic heterocycles. The van der Waals surface area contributed by atoms with E-state index in [1.165, 1.54) is 70.6 Å². The molecule has 0 aliphatic carbocycles. The number of rotatable bonds is 23. The Morgan fingerprint density at radius 3 is 1.91 bits per heavy atom. The van der Waals surface area contributed by atoms with Gasteiger partial charge >= 0.3 is 0 Å². The van der Waals surface area contributed by atoms with Crippen LogP contribution in [-0.4, -0.2) is 32.2 Å². The maximum absolute atomic E-state index is 12.0. The Bertz CT molecular complexity index is 599. The molecule has 0 aliphatic heterocycles. The molecule has 5 nitrogen and oxygen atoms in total. The van der Waals surface area contributed by atoms with E-state index in [9.17, 15) is 13.2 Å². The van der Waals surface area contributed by atoms with Gasteiger partial charge in [-0.3, -0.25) is 8.98 Å². The zero-order valence-corrected chi connectivity index (χ0v) is 22.9. The molecule has 0 atom stereocenters. The highest BCUT2D eigenvalue weighted by Crippen LogP contribution is 2.24. The van der Waals surface area contributed by atoms with Crippen LogP contribution >= 0.6 is 0 Å². The Morgan fingerprint density at radius 1 is 0.788 bits per heavy atom. The first-order chi connectivity index (χ1) is 15.8. The van der Waals surface area contributed by atoms with Crippen molar-refractivity contribution in [3.8, 4) is 0 Å². The van der Waals surface area contributed by atoms with Crippen LogP contribution in [0.5, 0.6) is 0 Å². The lowest BCUT2D eigenvalue weighted by Crippen LogP contribution is -2.33. The lowest BCUT2D eigenvalue weighted by molar-refractivity contribution is -0.121. The number of hydrogen-bond acceptors (Lipinski definition) is 4. The Labute approximate surface area is 205 Å². The van der Waals surface area contributed by atoms with Crippen molar-refractivity contribution in [1.82, 2.24) is 5.32 Å². The fraction of sp³-hybridized carbons (Fsp3) is 0.889. The number of allylic oxidation sites excluding steroid dienone is 2. The Kier molecular flexibility index (Phi) is 19.9. The standard InChI is InChI=1S/C27H53NO4S/c1-5-7-8-9-10-11-12-13-14-15-16-17-18-19-20-23-26(29)28-25-22-21-24-27(3,4)33(30,31)32-6-2/h13-14H,5-12,15-25H2,1-4H3,(H,28,29)/b14-13-. The summed E-state index contributed by atoms with van der Waals surface area (Å²) in [5, 5.41) is 2.95. The van der Waals surface area contributed by atoms with Crippen LogP contribution in [0.1, 0.15) is 137 Å². The summed E-state index contributed by atoms with van der Waals surface area (Å²) in [6.07, 6.45) is 23.6. The number of hydrogen-bond donors (Lipinski definition) is 1. The molecule has 0 saturated heterocycles. The van der Waals surface area contributed by atoms with Gasteiger partial charge in [0.25, 0.3) is 10.1 Å². The zero-order valence-electron chi connectivity index (χ0n) is 22.1. The predicted molar refractivity (Wildman–Crippen MR) is 141 cm³/mol. The maximum Gasteiger partial charge on any atom is 0.272 e. The Balaban J connectivity index is 3.52. The Morgan fingerprint density at radius 2 is 1.33 bits per heavy atom. The molecule has 0 saturated carbocycles. The molecule has 0 unspecified atom stereocenters. The van der Waals surface area contributed by atoms with Crippen molar-refractivity contribution in [3.05, 3.63) is 12.2 Å². The van der Waals surface area contributed by atoms with E-state index in [1.54, 1.807) is 20.8 Å². The van der Waals surface area contributed by atoms with Crippen molar-refractivity contribution >= 4 is 16.0 Å². The average molecular weight is 488 g/mol. The topological polar surface area (TPSA) is 72.5 Å². The van der Waals surface area contributed by atoms with Gasteiger partial charge in [-0.2, -0.15) is 8.42 Å². The second-order valence-corrected chi connectivity index (χ2v) is 12.0. The summed E-state index contributed by atoms with van der Waals surface area (Å²) in [5.74, 6) is 0.105. The van der Waals surface area contributed by atoms with Crippen molar-refractivity contribution in [3.63, 3.8) is 0 Å². The van der Waals surface area contributed by atoms with E-state index < -0.39 is 14.9 Å². The second-order valence-electron chi connectivity index (χ2n) is 9.76. The van der Waals surface area contributed by atoms with Gasteiger partial charge < -0.3 is 5.32 Å². The molecule has 0 spiro atoms. The van der Waals surface area contributed by atoms with E-state index in [0.717, 1.165) is 25.7 Å². The summed E-state index contributed by atoms with van der Waals surface area (Å²) in [7, 11) is -3.54. The third kappa shape index (κ3) is 18.2. The lowest BCUT2D eigenvalue weighted by atomic mass is 10.1. The van der Waals surface area contributed by atoms with Crippen molar-refractivity contribution < 1.29 is 17.4 Å². The minimum absolute atomic E-state index is 0.105. The largest absolute Gasteiger partial charge is 0.356 e. The van der Waals surface area contributed by atoms with Crippen molar-refractivity contribution in [1.29, 1.82) is 0 Å². The molecule has 0 heterocycles. The van der Waals surface area contributed by atoms with Crippen LogP contribution < -0.4 is 5.32 Å². The molecule has 0 bridgehead atoms. The van der Waals surface area contributed by atoms with Gasteiger partial charge in [-0.25, -0.2) is 0 Å². The number of unbranched alkanes of at least 4 members (excludes halogenated alkanes) is 12. The third-order valence-corrected chi connectivity index (χ3v) is 8.25. The molecular formula is C27H53NO4S. The van der Waals surface area contributed by atoms with Gasteiger partial charge in [0.2, 0.25) is 5.91 Å². The predicted octanol–water partition coefficient (Wildman–Crippen LogP) is 7.46. The molecule has 1 amide bonds. The van der Waals surface area contributed by atoms with E-state index in [4.69, 9.17) is 4.18 Å². The summed E-state index contributed by atoms with van der Waals surface area (Å²) in [4.78, 5) is 11.9. The van der Waals surface area contributed by atoms with Crippen LogP contribution in [0.2, 0.25) is 0 Å². The summed E-state index contributed by atoms with van der Waals surface area (Å²) >= 11 is 0. The quantitative estimate of drug-likeness (QED) is 0.0922. The van der Waals surface area contributed by atoms with E-state index in [-0.39, 0.29) is 12.5 Å². The minimum Gasteiger partial charge on any atom is -0.356 e. The molecule has 6 heteroatoms. The van der Waals surface area contributed by atoms with Crippen LogP contribution in [0.15, 0.2) is 12.2 Å².